The quantitative estimate of drug-likeness (QED) is 0.368. The summed E-state index contributed by atoms with van der Waals surface area (Å²) in [5.41, 5.74) is 6.46. The Kier molecular flexibility index (Phi) is 6.45. The molecule has 1 aliphatic rings. The van der Waals surface area contributed by atoms with Gasteiger partial charge in [-0.15, -0.1) is 0 Å². The number of aromatic nitrogens is 2. The summed E-state index contributed by atoms with van der Waals surface area (Å²) in [5, 5.41) is 0. The molecule has 1 aliphatic heterocycles. The van der Waals surface area contributed by atoms with Crippen molar-refractivity contribution in [2.24, 2.45) is 4.99 Å². The van der Waals surface area contributed by atoms with E-state index in [1.54, 1.807) is 0 Å². The summed E-state index contributed by atoms with van der Waals surface area (Å²) >= 11 is 0. The summed E-state index contributed by atoms with van der Waals surface area (Å²) in [6.45, 7) is 9.97. The van der Waals surface area contributed by atoms with Gasteiger partial charge in [-0.1, -0.05) is 61.2 Å². The fraction of sp³-hybridized carbons (Fsp3) is 0.276. The number of halogens is 1. The van der Waals surface area contributed by atoms with Crippen LogP contribution in [0.15, 0.2) is 90.4 Å². The summed E-state index contributed by atoms with van der Waals surface area (Å²) in [4.78, 5) is 7.81. The van der Waals surface area contributed by atoms with Gasteiger partial charge in [0, 0.05) is 25.3 Å². The highest BCUT2D eigenvalue weighted by atomic mass is 19.1. The molecule has 4 aromatic rings. The molecule has 0 unspecified atom stereocenters. The molecule has 1 fully saturated rings. The number of hydrogen-bond acceptors (Lipinski definition) is 2. The van der Waals surface area contributed by atoms with Gasteiger partial charge in [0.1, 0.15) is 5.82 Å². The van der Waals surface area contributed by atoms with Crippen LogP contribution < -0.4 is 5.62 Å². The van der Waals surface area contributed by atoms with Crippen molar-refractivity contribution in [3.8, 4) is 0 Å². The summed E-state index contributed by atoms with van der Waals surface area (Å²) in [6, 6.07) is 26.0. The zero-order valence-electron chi connectivity index (χ0n) is 19.7. The molecule has 0 N–H and O–H groups in total. The van der Waals surface area contributed by atoms with Crippen molar-refractivity contribution in [3.63, 3.8) is 0 Å². The second-order valence-electron chi connectivity index (χ2n) is 9.19. The Balaban J connectivity index is 1.47. The van der Waals surface area contributed by atoms with Crippen molar-refractivity contribution in [1.82, 2.24) is 14.0 Å². The van der Waals surface area contributed by atoms with Crippen molar-refractivity contribution < 1.29 is 4.39 Å². The maximum Gasteiger partial charge on any atom is 0.210 e. The third kappa shape index (κ3) is 4.75. The average Bonchev–Trinajstić information content (AvgIpc) is 3.15. The molecule has 3 aromatic carbocycles. The van der Waals surface area contributed by atoms with Crippen LogP contribution in [0.3, 0.4) is 0 Å². The molecule has 34 heavy (non-hydrogen) atoms. The van der Waals surface area contributed by atoms with Crippen molar-refractivity contribution in [3.05, 3.63) is 108 Å². The fourth-order valence-corrected chi connectivity index (χ4v) is 4.86. The number of fused-ring (bicyclic) bond motifs is 1. The Morgan fingerprint density at radius 2 is 1.47 bits per heavy atom. The van der Waals surface area contributed by atoms with Gasteiger partial charge in [0.25, 0.3) is 0 Å². The standard InChI is InChI=1S/C29H31FN4/c1-22(2)34-28-11-7-6-10-27(28)33(21-24-12-14-25(30)15-13-24)29(34)31-26-16-18-32(19-17-26)20-23-8-4-3-5-9-23/h3-15,26H,1,16-21H2,2H3. The number of nitrogens with zero attached hydrogens (tertiary/aromatic N) is 4. The van der Waals surface area contributed by atoms with Gasteiger partial charge in [0.05, 0.1) is 23.6 Å². The highest BCUT2D eigenvalue weighted by Gasteiger charge is 2.20. The summed E-state index contributed by atoms with van der Waals surface area (Å²) in [7, 11) is 0. The molecule has 0 radical (unpaired) electrons. The van der Waals surface area contributed by atoms with Gasteiger partial charge >= 0.3 is 0 Å². The van der Waals surface area contributed by atoms with E-state index in [9.17, 15) is 4.39 Å². The Morgan fingerprint density at radius 1 is 0.853 bits per heavy atom. The van der Waals surface area contributed by atoms with Crippen LogP contribution in [0.4, 0.5) is 4.39 Å². The number of piperidine rings is 1. The van der Waals surface area contributed by atoms with E-state index in [1.807, 2.05) is 19.1 Å². The Labute approximate surface area is 200 Å². The SMILES string of the molecule is C=C(C)n1c(=NC2CCN(Cc3ccccc3)CC2)n(Cc2ccc(F)cc2)c2ccccc21. The zero-order chi connectivity index (χ0) is 23.5. The molecule has 2 heterocycles. The lowest BCUT2D eigenvalue weighted by molar-refractivity contribution is 0.204. The minimum absolute atomic E-state index is 0.217. The van der Waals surface area contributed by atoms with Crippen LogP contribution in [0, 0.1) is 5.82 Å². The topological polar surface area (TPSA) is 25.5 Å². The van der Waals surface area contributed by atoms with Gasteiger partial charge in [-0.3, -0.25) is 9.47 Å². The number of para-hydroxylation sites is 2. The number of hydrogen-bond donors (Lipinski definition) is 0. The second kappa shape index (κ2) is 9.82. The molecule has 5 heteroatoms. The lowest BCUT2D eigenvalue weighted by Crippen LogP contribution is -2.37. The Hall–Kier alpha value is -3.44. The molecule has 0 bridgehead atoms. The van der Waals surface area contributed by atoms with Crippen LogP contribution in [0.1, 0.15) is 30.9 Å². The minimum atomic E-state index is -0.217. The van der Waals surface area contributed by atoms with E-state index in [-0.39, 0.29) is 11.9 Å². The lowest BCUT2D eigenvalue weighted by atomic mass is 10.0. The van der Waals surface area contributed by atoms with Gasteiger partial charge in [0.2, 0.25) is 5.62 Å². The molecular formula is C29H31FN4. The van der Waals surface area contributed by atoms with E-state index in [0.717, 1.165) is 60.4 Å². The van der Waals surface area contributed by atoms with E-state index in [1.165, 1.54) is 17.7 Å². The predicted molar refractivity (Wildman–Crippen MR) is 137 cm³/mol. The molecule has 0 spiro atoms. The number of rotatable bonds is 6. The highest BCUT2D eigenvalue weighted by Crippen LogP contribution is 2.20. The average molecular weight is 455 g/mol. The first kappa shape index (κ1) is 22.4. The first-order chi connectivity index (χ1) is 16.6. The van der Waals surface area contributed by atoms with E-state index in [2.05, 4.69) is 75.2 Å². The number of benzene rings is 3. The van der Waals surface area contributed by atoms with Gasteiger partial charge < -0.3 is 4.57 Å². The number of allylic oxidation sites excluding steroid dienone is 1. The molecule has 4 nitrogen and oxygen atoms in total. The van der Waals surface area contributed by atoms with Crippen LogP contribution in [-0.4, -0.2) is 33.2 Å². The molecule has 174 valence electrons. The van der Waals surface area contributed by atoms with Gasteiger partial charge in [-0.2, -0.15) is 0 Å². The smallest absolute Gasteiger partial charge is 0.210 e. The van der Waals surface area contributed by atoms with Crippen LogP contribution in [0.5, 0.6) is 0 Å². The van der Waals surface area contributed by atoms with Crippen LogP contribution >= 0.6 is 0 Å². The van der Waals surface area contributed by atoms with Gasteiger partial charge in [-0.05, 0) is 55.2 Å². The minimum Gasteiger partial charge on any atom is -0.305 e. The fourth-order valence-electron chi connectivity index (χ4n) is 4.86. The Morgan fingerprint density at radius 3 is 2.15 bits per heavy atom. The first-order valence-corrected chi connectivity index (χ1v) is 12.0. The molecule has 5 rings (SSSR count). The molecule has 0 atom stereocenters. The van der Waals surface area contributed by atoms with Gasteiger partial charge in [-0.25, -0.2) is 9.38 Å². The normalized spacial score (nSPS) is 15.8. The van der Waals surface area contributed by atoms with Crippen LogP contribution in [0.25, 0.3) is 16.7 Å². The van der Waals surface area contributed by atoms with Gasteiger partial charge in [0.15, 0.2) is 0 Å². The maximum absolute atomic E-state index is 13.5. The Bertz CT molecular complexity index is 1340. The van der Waals surface area contributed by atoms with E-state index in [0.29, 0.717) is 6.54 Å². The molecule has 0 amide bonds. The van der Waals surface area contributed by atoms with Crippen molar-refractivity contribution >= 4 is 16.7 Å². The first-order valence-electron chi connectivity index (χ1n) is 12.0. The monoisotopic (exact) mass is 454 g/mol. The lowest BCUT2D eigenvalue weighted by Gasteiger charge is -2.30. The molecule has 1 aromatic heterocycles. The highest BCUT2D eigenvalue weighted by molar-refractivity contribution is 5.79. The third-order valence-electron chi connectivity index (χ3n) is 6.59. The molecule has 0 saturated carbocycles. The second-order valence-corrected chi connectivity index (χ2v) is 9.19. The summed E-state index contributed by atoms with van der Waals surface area (Å²) in [5.74, 6) is -0.217. The number of likely N-dealkylation sites (tertiary alicyclic amines) is 1. The van der Waals surface area contributed by atoms with Crippen molar-refractivity contribution in [1.29, 1.82) is 0 Å². The van der Waals surface area contributed by atoms with Crippen molar-refractivity contribution in [2.75, 3.05) is 13.1 Å². The molecular weight excluding hydrogens is 423 g/mol. The predicted octanol–water partition coefficient (Wildman–Crippen LogP) is 5.69. The maximum atomic E-state index is 13.5. The van der Waals surface area contributed by atoms with E-state index < -0.39 is 0 Å². The summed E-state index contributed by atoms with van der Waals surface area (Å²) in [6.07, 6.45) is 2.06. The third-order valence-corrected chi connectivity index (χ3v) is 6.59. The van der Waals surface area contributed by atoms with Crippen LogP contribution in [0.2, 0.25) is 0 Å². The van der Waals surface area contributed by atoms with Crippen molar-refractivity contribution in [2.45, 2.75) is 38.9 Å². The summed E-state index contributed by atoms with van der Waals surface area (Å²) < 4.78 is 17.9. The van der Waals surface area contributed by atoms with E-state index in [4.69, 9.17) is 4.99 Å². The molecule has 0 aliphatic carbocycles. The zero-order valence-corrected chi connectivity index (χ0v) is 19.7. The van der Waals surface area contributed by atoms with E-state index >= 15 is 0 Å². The van der Waals surface area contributed by atoms with Crippen LogP contribution in [-0.2, 0) is 13.1 Å². The largest absolute Gasteiger partial charge is 0.305 e. The molecule has 1 saturated heterocycles. The number of imidazole rings is 1.